The Kier molecular flexibility index (Phi) is 2.80. The molecule has 4 nitrogen and oxygen atoms in total. The first kappa shape index (κ1) is 11.3. The highest BCUT2D eigenvalue weighted by Gasteiger charge is 2.30. The van der Waals surface area contributed by atoms with Crippen LogP contribution in [0.1, 0.15) is 6.42 Å². The van der Waals surface area contributed by atoms with Crippen LogP contribution < -0.4 is 4.90 Å². The summed E-state index contributed by atoms with van der Waals surface area (Å²) < 4.78 is 5.30. The Labute approximate surface area is 109 Å². The van der Waals surface area contributed by atoms with Crippen LogP contribution >= 0.6 is 11.6 Å². The Morgan fingerprint density at radius 1 is 1.39 bits per heavy atom. The number of hydrogen-bond donors (Lipinski definition) is 0. The number of aromatic nitrogens is 1. The van der Waals surface area contributed by atoms with Crippen molar-refractivity contribution in [1.82, 2.24) is 4.98 Å². The molecule has 1 aromatic heterocycles. The predicted molar refractivity (Wildman–Crippen MR) is 68.6 cm³/mol. The van der Waals surface area contributed by atoms with Gasteiger partial charge in [0.1, 0.15) is 0 Å². The van der Waals surface area contributed by atoms with Crippen LogP contribution in [0.4, 0.5) is 5.69 Å². The molecule has 1 aliphatic heterocycles. The maximum absolute atomic E-state index is 11.9. The number of halogens is 1. The Bertz CT molecular complexity index is 568. The summed E-state index contributed by atoms with van der Waals surface area (Å²) in [5.74, 6) is 0.693. The van der Waals surface area contributed by atoms with E-state index in [2.05, 4.69) is 4.98 Å². The summed E-state index contributed by atoms with van der Waals surface area (Å²) in [6.45, 7) is 0.533. The van der Waals surface area contributed by atoms with Crippen molar-refractivity contribution in [3.63, 3.8) is 0 Å². The molecule has 1 fully saturated rings. The maximum Gasteiger partial charge on any atom is 0.228 e. The number of rotatable bonds is 2. The molecule has 92 valence electrons. The molecule has 1 aromatic carbocycles. The number of benzene rings is 1. The van der Waals surface area contributed by atoms with Gasteiger partial charge in [-0.3, -0.25) is 4.79 Å². The Morgan fingerprint density at radius 3 is 2.89 bits per heavy atom. The van der Waals surface area contributed by atoms with Crippen LogP contribution in [0.5, 0.6) is 0 Å². The first-order valence-electron chi connectivity index (χ1n) is 5.68. The first-order valence-corrected chi connectivity index (χ1v) is 6.11. The summed E-state index contributed by atoms with van der Waals surface area (Å²) in [5.41, 5.74) is 1.68. The van der Waals surface area contributed by atoms with Gasteiger partial charge < -0.3 is 9.32 Å². The van der Waals surface area contributed by atoms with Crippen molar-refractivity contribution in [1.29, 1.82) is 0 Å². The lowest BCUT2D eigenvalue weighted by Gasteiger charge is -2.18. The molecule has 1 aliphatic rings. The zero-order chi connectivity index (χ0) is 12.5. The van der Waals surface area contributed by atoms with Crippen molar-refractivity contribution >= 4 is 23.2 Å². The zero-order valence-electron chi connectivity index (χ0n) is 9.54. The van der Waals surface area contributed by atoms with Crippen LogP contribution in [0.25, 0.3) is 11.3 Å². The summed E-state index contributed by atoms with van der Waals surface area (Å²) in [5, 5.41) is -0.125. The second-order valence-electron chi connectivity index (χ2n) is 4.19. The van der Waals surface area contributed by atoms with E-state index in [1.165, 1.54) is 6.39 Å². The molecule has 2 heterocycles. The molecule has 2 aromatic rings. The van der Waals surface area contributed by atoms with Crippen molar-refractivity contribution in [3.05, 3.63) is 36.9 Å². The van der Waals surface area contributed by atoms with E-state index in [0.717, 1.165) is 11.3 Å². The molecule has 5 heteroatoms. The van der Waals surface area contributed by atoms with Crippen molar-refractivity contribution < 1.29 is 9.21 Å². The Morgan fingerprint density at radius 2 is 2.22 bits per heavy atom. The van der Waals surface area contributed by atoms with E-state index in [1.807, 2.05) is 24.3 Å². The van der Waals surface area contributed by atoms with Crippen LogP contribution in [0.3, 0.4) is 0 Å². The number of para-hydroxylation sites is 1. The number of alkyl halides is 1. The molecule has 0 N–H and O–H groups in total. The van der Waals surface area contributed by atoms with E-state index in [1.54, 1.807) is 11.1 Å². The number of carbonyl (C=O) groups excluding carboxylic acids is 1. The molecule has 0 spiro atoms. The number of nitrogens with zero attached hydrogens (tertiary/aromatic N) is 2. The zero-order valence-corrected chi connectivity index (χ0v) is 10.3. The summed E-state index contributed by atoms with van der Waals surface area (Å²) in [6.07, 6.45) is 3.39. The molecule has 1 amide bonds. The highest BCUT2D eigenvalue weighted by atomic mass is 35.5. The third-order valence-electron chi connectivity index (χ3n) is 2.97. The topological polar surface area (TPSA) is 46.3 Å². The van der Waals surface area contributed by atoms with Gasteiger partial charge in [-0.1, -0.05) is 12.1 Å². The lowest BCUT2D eigenvalue weighted by molar-refractivity contribution is -0.117. The number of anilines is 1. The number of carbonyl (C=O) groups is 1. The molecule has 0 radical (unpaired) electrons. The van der Waals surface area contributed by atoms with Crippen molar-refractivity contribution in [2.24, 2.45) is 0 Å². The summed E-state index contributed by atoms with van der Waals surface area (Å²) in [6, 6.07) is 7.60. The van der Waals surface area contributed by atoms with E-state index in [4.69, 9.17) is 16.0 Å². The van der Waals surface area contributed by atoms with Gasteiger partial charge in [0.15, 0.2) is 12.2 Å². The normalized spacial score (nSPS) is 19.5. The molecule has 0 aliphatic carbocycles. The van der Waals surface area contributed by atoms with Gasteiger partial charge in [0.2, 0.25) is 5.91 Å². The molecular weight excluding hydrogens is 252 g/mol. The second kappa shape index (κ2) is 4.46. The van der Waals surface area contributed by atoms with Gasteiger partial charge in [0.25, 0.3) is 0 Å². The summed E-state index contributed by atoms with van der Waals surface area (Å²) >= 11 is 6.03. The van der Waals surface area contributed by atoms with E-state index >= 15 is 0 Å². The van der Waals surface area contributed by atoms with E-state index in [9.17, 15) is 4.79 Å². The van der Waals surface area contributed by atoms with Crippen LogP contribution in [0.2, 0.25) is 0 Å². The fourth-order valence-corrected chi connectivity index (χ4v) is 2.43. The highest BCUT2D eigenvalue weighted by Crippen LogP contribution is 2.33. The average Bonchev–Trinajstić information content (AvgIpc) is 2.99. The van der Waals surface area contributed by atoms with Gasteiger partial charge in [-0.15, -0.1) is 11.6 Å². The van der Waals surface area contributed by atoms with Crippen molar-refractivity contribution in [3.8, 4) is 11.3 Å². The lowest BCUT2D eigenvalue weighted by Crippen LogP contribution is -2.25. The SMILES string of the molecule is O=C1CC(Cl)CN1c1ccccc1-c1cnco1. The maximum atomic E-state index is 11.9. The smallest absolute Gasteiger partial charge is 0.228 e. The predicted octanol–water partition coefficient (Wildman–Crippen LogP) is 2.69. The van der Waals surface area contributed by atoms with Gasteiger partial charge in [-0.25, -0.2) is 4.98 Å². The van der Waals surface area contributed by atoms with Crippen LogP contribution in [-0.2, 0) is 4.79 Å². The first-order chi connectivity index (χ1) is 8.75. The van der Waals surface area contributed by atoms with Gasteiger partial charge in [0.05, 0.1) is 17.3 Å². The molecule has 1 atom stereocenters. The molecule has 18 heavy (non-hydrogen) atoms. The van der Waals surface area contributed by atoms with E-state index in [-0.39, 0.29) is 11.3 Å². The number of amides is 1. The molecule has 0 saturated carbocycles. The van der Waals surface area contributed by atoms with Gasteiger partial charge >= 0.3 is 0 Å². The largest absolute Gasteiger partial charge is 0.443 e. The monoisotopic (exact) mass is 262 g/mol. The van der Waals surface area contributed by atoms with Gasteiger partial charge in [-0.05, 0) is 12.1 Å². The fourth-order valence-electron chi connectivity index (χ4n) is 2.16. The van der Waals surface area contributed by atoms with E-state index in [0.29, 0.717) is 18.7 Å². The van der Waals surface area contributed by atoms with Crippen LogP contribution in [0.15, 0.2) is 41.3 Å². The summed E-state index contributed by atoms with van der Waals surface area (Å²) in [4.78, 5) is 17.5. The molecule has 1 unspecified atom stereocenters. The molecule has 0 bridgehead atoms. The molecule has 1 saturated heterocycles. The Balaban J connectivity index is 2.05. The summed E-state index contributed by atoms with van der Waals surface area (Å²) in [7, 11) is 0. The van der Waals surface area contributed by atoms with Crippen LogP contribution in [-0.4, -0.2) is 22.8 Å². The van der Waals surface area contributed by atoms with Crippen molar-refractivity contribution in [2.75, 3.05) is 11.4 Å². The number of hydrogen-bond acceptors (Lipinski definition) is 3. The second-order valence-corrected chi connectivity index (χ2v) is 4.81. The van der Waals surface area contributed by atoms with E-state index < -0.39 is 0 Å². The van der Waals surface area contributed by atoms with Gasteiger partial charge in [0, 0.05) is 18.5 Å². The van der Waals surface area contributed by atoms with Gasteiger partial charge in [-0.2, -0.15) is 0 Å². The number of oxazole rings is 1. The molecular formula is C13H11ClN2O2. The van der Waals surface area contributed by atoms with Crippen LogP contribution in [0, 0.1) is 0 Å². The van der Waals surface area contributed by atoms with Crippen molar-refractivity contribution in [2.45, 2.75) is 11.8 Å². The molecule has 3 rings (SSSR count). The highest BCUT2D eigenvalue weighted by molar-refractivity contribution is 6.24. The minimum atomic E-state index is -0.125. The third-order valence-corrected chi connectivity index (χ3v) is 3.26. The quantitative estimate of drug-likeness (QED) is 0.782. The fraction of sp³-hybridized carbons (Fsp3) is 0.231. The Hall–Kier alpha value is -1.81. The standard InChI is InChI=1S/C13H11ClN2O2/c14-9-5-13(17)16(7-9)11-4-2-1-3-10(11)12-6-15-8-18-12/h1-4,6,8-9H,5,7H2. The third kappa shape index (κ3) is 1.88. The average molecular weight is 263 g/mol. The minimum Gasteiger partial charge on any atom is -0.443 e. The minimum absolute atomic E-state index is 0.0435. The lowest BCUT2D eigenvalue weighted by atomic mass is 10.1.